The molecule has 0 amide bonds. The van der Waals surface area contributed by atoms with Crippen molar-refractivity contribution in [2.75, 3.05) is 33.2 Å². The van der Waals surface area contributed by atoms with Crippen LogP contribution in [0.25, 0.3) is 0 Å². The Bertz CT molecular complexity index is 240. The van der Waals surface area contributed by atoms with E-state index >= 15 is 0 Å². The molecule has 2 aliphatic rings. The fourth-order valence-electron chi connectivity index (χ4n) is 1.96. The molecule has 1 fully saturated rings. The van der Waals surface area contributed by atoms with Gasteiger partial charge in [-0.15, -0.1) is 0 Å². The first-order chi connectivity index (χ1) is 6.71. The molecule has 0 spiro atoms. The average molecular weight is 213 g/mol. The van der Waals surface area contributed by atoms with Crippen LogP contribution in [0.15, 0.2) is 24.3 Å². The zero-order valence-corrected chi connectivity index (χ0v) is 9.37. The molecule has 1 saturated heterocycles. The zero-order valence-electron chi connectivity index (χ0n) is 8.62. The second kappa shape index (κ2) is 4.05. The normalized spacial score (nSPS) is 28.1. The van der Waals surface area contributed by atoms with Crippen molar-refractivity contribution in [2.45, 2.75) is 11.4 Å². The van der Waals surface area contributed by atoms with E-state index in [-0.39, 0.29) is 5.00 Å². The van der Waals surface area contributed by atoms with Gasteiger partial charge in [-0.25, -0.2) is 0 Å². The van der Waals surface area contributed by atoms with Gasteiger partial charge in [0.15, 0.2) is 0 Å². The van der Waals surface area contributed by atoms with Crippen molar-refractivity contribution in [2.24, 2.45) is 0 Å². The first-order valence-corrected chi connectivity index (χ1v) is 5.56. The van der Waals surface area contributed by atoms with Gasteiger partial charge in [0, 0.05) is 26.2 Å². The molecule has 0 aromatic rings. The molecule has 0 atom stereocenters. The topological polar surface area (TPSA) is 6.48 Å². The number of rotatable bonds is 1. The van der Waals surface area contributed by atoms with Crippen LogP contribution in [0.3, 0.4) is 0 Å². The summed E-state index contributed by atoms with van der Waals surface area (Å²) in [5, 5.41) is 0. The van der Waals surface area contributed by atoms with Gasteiger partial charge >= 0.3 is 0 Å². The highest BCUT2D eigenvalue weighted by molar-refractivity contribution is 6.26. The standard InChI is InChI=1S/C11H17ClN2/c1-13-7-9-14(10-8-13)11(12)5-3-2-4-6-11/h3-6H,2,7-10H2,1H3. The Hall–Kier alpha value is -0.310. The summed E-state index contributed by atoms with van der Waals surface area (Å²) < 4.78 is 0. The Morgan fingerprint density at radius 1 is 1.07 bits per heavy atom. The number of hydrogen-bond donors (Lipinski definition) is 0. The molecule has 0 radical (unpaired) electrons. The summed E-state index contributed by atoms with van der Waals surface area (Å²) >= 11 is 6.54. The number of hydrogen-bond acceptors (Lipinski definition) is 2. The van der Waals surface area contributed by atoms with E-state index < -0.39 is 0 Å². The second-order valence-electron chi connectivity index (χ2n) is 4.06. The Morgan fingerprint density at radius 2 is 1.64 bits per heavy atom. The molecule has 0 unspecified atom stereocenters. The molecular formula is C11H17ClN2. The number of halogens is 1. The summed E-state index contributed by atoms with van der Waals surface area (Å²) in [6, 6.07) is 0. The Morgan fingerprint density at radius 3 is 2.21 bits per heavy atom. The van der Waals surface area contributed by atoms with Gasteiger partial charge in [0.2, 0.25) is 0 Å². The van der Waals surface area contributed by atoms with Gasteiger partial charge in [-0.3, -0.25) is 4.90 Å². The van der Waals surface area contributed by atoms with Gasteiger partial charge in [-0.2, -0.15) is 0 Å². The molecule has 3 heteroatoms. The Labute approximate surface area is 90.8 Å². The quantitative estimate of drug-likeness (QED) is 0.371. The van der Waals surface area contributed by atoms with E-state index in [2.05, 4.69) is 41.2 Å². The van der Waals surface area contributed by atoms with Crippen LogP contribution in [0.2, 0.25) is 0 Å². The van der Waals surface area contributed by atoms with E-state index in [1.54, 1.807) is 0 Å². The number of nitrogens with zero attached hydrogens (tertiary/aromatic N) is 2. The predicted octanol–water partition coefficient (Wildman–Crippen LogP) is 1.68. The van der Waals surface area contributed by atoms with E-state index in [0.29, 0.717) is 0 Å². The zero-order chi connectivity index (χ0) is 10.0. The number of alkyl halides is 1. The van der Waals surface area contributed by atoms with Crippen molar-refractivity contribution in [1.29, 1.82) is 0 Å². The van der Waals surface area contributed by atoms with Crippen LogP contribution in [-0.4, -0.2) is 48.0 Å². The maximum absolute atomic E-state index is 6.54. The van der Waals surface area contributed by atoms with Crippen LogP contribution in [-0.2, 0) is 0 Å². The molecule has 0 aromatic carbocycles. The van der Waals surface area contributed by atoms with Crippen LogP contribution in [0.1, 0.15) is 6.42 Å². The lowest BCUT2D eigenvalue weighted by Crippen LogP contribution is -2.52. The fraction of sp³-hybridized carbons (Fsp3) is 0.636. The summed E-state index contributed by atoms with van der Waals surface area (Å²) in [6.07, 6.45) is 9.53. The van der Waals surface area contributed by atoms with Crippen molar-refractivity contribution < 1.29 is 0 Å². The van der Waals surface area contributed by atoms with Crippen molar-refractivity contribution in [3.8, 4) is 0 Å². The summed E-state index contributed by atoms with van der Waals surface area (Å²) in [5.74, 6) is 0. The van der Waals surface area contributed by atoms with E-state index in [4.69, 9.17) is 11.6 Å². The monoisotopic (exact) mass is 212 g/mol. The van der Waals surface area contributed by atoms with Crippen LogP contribution < -0.4 is 0 Å². The third-order valence-corrected chi connectivity index (χ3v) is 3.45. The number of likely N-dealkylation sites (N-methyl/N-ethyl adjacent to an activating group) is 1. The summed E-state index contributed by atoms with van der Waals surface area (Å²) in [5.41, 5.74) is 0. The fourth-order valence-corrected chi connectivity index (χ4v) is 2.31. The van der Waals surface area contributed by atoms with E-state index in [1.165, 1.54) is 0 Å². The lowest BCUT2D eigenvalue weighted by molar-refractivity contribution is 0.130. The Balaban J connectivity index is 2.03. The van der Waals surface area contributed by atoms with E-state index in [1.807, 2.05) is 0 Å². The lowest BCUT2D eigenvalue weighted by Gasteiger charge is -2.41. The molecule has 1 heterocycles. The maximum Gasteiger partial charge on any atom is 0.133 e. The molecular weight excluding hydrogens is 196 g/mol. The van der Waals surface area contributed by atoms with Crippen LogP contribution in [0.5, 0.6) is 0 Å². The molecule has 0 N–H and O–H groups in total. The van der Waals surface area contributed by atoms with Gasteiger partial charge in [0.1, 0.15) is 5.00 Å². The van der Waals surface area contributed by atoms with E-state index in [9.17, 15) is 0 Å². The van der Waals surface area contributed by atoms with Crippen molar-refractivity contribution in [3.05, 3.63) is 24.3 Å². The van der Waals surface area contributed by atoms with Crippen molar-refractivity contribution >= 4 is 11.6 Å². The van der Waals surface area contributed by atoms with Crippen LogP contribution >= 0.6 is 11.6 Å². The molecule has 2 rings (SSSR count). The summed E-state index contributed by atoms with van der Waals surface area (Å²) in [6.45, 7) is 4.32. The molecule has 2 nitrogen and oxygen atoms in total. The van der Waals surface area contributed by atoms with Crippen LogP contribution in [0, 0.1) is 0 Å². The maximum atomic E-state index is 6.54. The Kier molecular flexibility index (Phi) is 2.96. The number of allylic oxidation sites excluding steroid dienone is 2. The molecule has 1 aliphatic carbocycles. The second-order valence-corrected chi connectivity index (χ2v) is 4.66. The van der Waals surface area contributed by atoms with Crippen molar-refractivity contribution in [3.63, 3.8) is 0 Å². The highest BCUT2D eigenvalue weighted by Crippen LogP contribution is 2.28. The van der Waals surface area contributed by atoms with Crippen LogP contribution in [0.4, 0.5) is 0 Å². The van der Waals surface area contributed by atoms with E-state index in [0.717, 1.165) is 32.6 Å². The minimum atomic E-state index is -0.348. The van der Waals surface area contributed by atoms with Gasteiger partial charge in [-0.1, -0.05) is 23.8 Å². The highest BCUT2D eigenvalue weighted by Gasteiger charge is 2.31. The summed E-state index contributed by atoms with van der Waals surface area (Å²) in [7, 11) is 2.16. The molecule has 78 valence electrons. The van der Waals surface area contributed by atoms with Gasteiger partial charge in [0.25, 0.3) is 0 Å². The molecule has 0 saturated carbocycles. The minimum Gasteiger partial charge on any atom is -0.304 e. The average Bonchev–Trinajstić information content (AvgIpc) is 2.19. The van der Waals surface area contributed by atoms with Gasteiger partial charge in [-0.05, 0) is 25.6 Å². The predicted molar refractivity (Wildman–Crippen MR) is 60.6 cm³/mol. The molecule has 0 bridgehead atoms. The third kappa shape index (κ3) is 2.02. The summed E-state index contributed by atoms with van der Waals surface area (Å²) in [4.78, 5) is 4.33. The first kappa shape index (κ1) is 10.2. The van der Waals surface area contributed by atoms with Gasteiger partial charge in [0.05, 0.1) is 0 Å². The lowest BCUT2D eigenvalue weighted by atomic mass is 10.1. The molecule has 14 heavy (non-hydrogen) atoms. The van der Waals surface area contributed by atoms with Crippen molar-refractivity contribution in [1.82, 2.24) is 9.80 Å². The third-order valence-electron chi connectivity index (χ3n) is 2.96. The van der Waals surface area contributed by atoms with Gasteiger partial charge < -0.3 is 4.90 Å². The SMILES string of the molecule is CN1CCN(C2(Cl)C=CCC=C2)CC1. The molecule has 0 aromatic heterocycles. The number of piperazine rings is 1. The first-order valence-electron chi connectivity index (χ1n) is 5.19. The smallest absolute Gasteiger partial charge is 0.133 e. The largest absolute Gasteiger partial charge is 0.304 e. The highest BCUT2D eigenvalue weighted by atomic mass is 35.5. The minimum absolute atomic E-state index is 0.348. The molecule has 1 aliphatic heterocycles.